The summed E-state index contributed by atoms with van der Waals surface area (Å²) in [5.74, 6) is 1.10. The molecule has 0 amide bonds. The SMILES string of the molecule is CCOc1cc(=O)c2c(cc1OCC)c1ccccc1n2C. The van der Waals surface area contributed by atoms with Crippen molar-refractivity contribution >= 4 is 21.8 Å². The first-order chi connectivity index (χ1) is 10.7. The van der Waals surface area contributed by atoms with Gasteiger partial charge in [0.25, 0.3) is 0 Å². The summed E-state index contributed by atoms with van der Waals surface area (Å²) in [4.78, 5) is 12.7. The predicted octanol–water partition coefficient (Wildman–Crippen LogP) is 3.49. The lowest BCUT2D eigenvalue weighted by molar-refractivity contribution is 0.288. The van der Waals surface area contributed by atoms with Crippen molar-refractivity contribution in [2.75, 3.05) is 13.2 Å². The molecule has 3 aromatic rings. The van der Waals surface area contributed by atoms with Crippen LogP contribution in [0.3, 0.4) is 0 Å². The number of ether oxygens (including phenoxy) is 2. The van der Waals surface area contributed by atoms with Crippen molar-refractivity contribution in [3.63, 3.8) is 0 Å². The van der Waals surface area contributed by atoms with E-state index in [9.17, 15) is 4.79 Å². The van der Waals surface area contributed by atoms with E-state index in [-0.39, 0.29) is 5.43 Å². The minimum absolute atomic E-state index is 0.0666. The van der Waals surface area contributed by atoms with Gasteiger partial charge in [-0.25, -0.2) is 0 Å². The van der Waals surface area contributed by atoms with Crippen LogP contribution in [-0.4, -0.2) is 17.8 Å². The zero-order chi connectivity index (χ0) is 15.7. The zero-order valence-corrected chi connectivity index (χ0v) is 13.1. The molecular weight excluding hydrogens is 278 g/mol. The minimum Gasteiger partial charge on any atom is -0.490 e. The molecule has 4 heteroatoms. The van der Waals surface area contributed by atoms with Gasteiger partial charge in [0.2, 0.25) is 5.43 Å². The lowest BCUT2D eigenvalue weighted by Gasteiger charge is -2.07. The molecule has 4 nitrogen and oxygen atoms in total. The molecule has 0 atom stereocenters. The highest BCUT2D eigenvalue weighted by atomic mass is 16.5. The van der Waals surface area contributed by atoms with Crippen LogP contribution in [0.5, 0.6) is 11.5 Å². The van der Waals surface area contributed by atoms with Crippen molar-refractivity contribution < 1.29 is 9.47 Å². The van der Waals surface area contributed by atoms with Gasteiger partial charge >= 0.3 is 0 Å². The standard InChI is InChI=1S/C18H19NO3/c1-4-21-16-10-13-12-8-6-7-9-14(12)19(3)18(13)15(20)11-17(16)22-5-2/h6-11H,4-5H2,1-3H3. The van der Waals surface area contributed by atoms with E-state index in [0.717, 1.165) is 16.3 Å². The summed E-state index contributed by atoms with van der Waals surface area (Å²) >= 11 is 0. The summed E-state index contributed by atoms with van der Waals surface area (Å²) in [6.45, 7) is 4.81. The Balaban J connectivity index is 2.48. The van der Waals surface area contributed by atoms with Gasteiger partial charge in [-0.2, -0.15) is 0 Å². The average Bonchev–Trinajstić information content (AvgIpc) is 2.71. The predicted molar refractivity (Wildman–Crippen MR) is 89.0 cm³/mol. The van der Waals surface area contributed by atoms with Crippen molar-refractivity contribution in [1.29, 1.82) is 0 Å². The summed E-state index contributed by atoms with van der Waals surface area (Å²) in [7, 11) is 1.91. The van der Waals surface area contributed by atoms with Gasteiger partial charge in [0, 0.05) is 29.4 Å². The molecule has 0 fully saturated rings. The number of para-hydroxylation sites is 1. The first-order valence-corrected chi connectivity index (χ1v) is 7.48. The number of hydrogen-bond donors (Lipinski definition) is 0. The molecule has 0 N–H and O–H groups in total. The van der Waals surface area contributed by atoms with Crippen LogP contribution in [0.1, 0.15) is 13.8 Å². The van der Waals surface area contributed by atoms with Gasteiger partial charge in [-0.05, 0) is 26.0 Å². The maximum Gasteiger partial charge on any atom is 0.206 e. The topological polar surface area (TPSA) is 40.5 Å². The normalized spacial score (nSPS) is 11.0. The molecule has 1 heterocycles. The third-order valence-electron chi connectivity index (χ3n) is 3.76. The Morgan fingerprint density at radius 3 is 2.27 bits per heavy atom. The van der Waals surface area contributed by atoms with Crippen LogP contribution in [0.2, 0.25) is 0 Å². The molecule has 0 saturated carbocycles. The fraction of sp³-hybridized carbons (Fsp3) is 0.278. The smallest absolute Gasteiger partial charge is 0.206 e. The fourth-order valence-electron chi connectivity index (χ4n) is 2.86. The molecule has 0 radical (unpaired) electrons. The first-order valence-electron chi connectivity index (χ1n) is 7.48. The van der Waals surface area contributed by atoms with Gasteiger partial charge in [0.15, 0.2) is 11.5 Å². The summed E-state index contributed by atoms with van der Waals surface area (Å²) in [6.07, 6.45) is 0. The van der Waals surface area contributed by atoms with E-state index in [2.05, 4.69) is 0 Å². The van der Waals surface area contributed by atoms with Crippen molar-refractivity contribution in [3.8, 4) is 11.5 Å². The van der Waals surface area contributed by atoms with Crippen molar-refractivity contribution in [2.24, 2.45) is 7.05 Å². The largest absolute Gasteiger partial charge is 0.490 e. The highest BCUT2D eigenvalue weighted by Gasteiger charge is 2.14. The number of hydrogen-bond acceptors (Lipinski definition) is 3. The van der Waals surface area contributed by atoms with Crippen LogP contribution in [-0.2, 0) is 7.05 Å². The van der Waals surface area contributed by atoms with E-state index in [1.54, 1.807) is 0 Å². The number of fused-ring (bicyclic) bond motifs is 3. The molecule has 1 aromatic heterocycles. The Kier molecular flexibility index (Phi) is 3.75. The Morgan fingerprint density at radius 2 is 1.59 bits per heavy atom. The zero-order valence-electron chi connectivity index (χ0n) is 13.1. The Hall–Kier alpha value is -2.49. The average molecular weight is 297 g/mol. The third-order valence-corrected chi connectivity index (χ3v) is 3.76. The highest BCUT2D eigenvalue weighted by molar-refractivity contribution is 6.08. The van der Waals surface area contributed by atoms with Crippen molar-refractivity contribution in [3.05, 3.63) is 46.6 Å². The second kappa shape index (κ2) is 5.72. The van der Waals surface area contributed by atoms with Crippen LogP contribution < -0.4 is 14.9 Å². The van der Waals surface area contributed by atoms with Gasteiger partial charge in [-0.3, -0.25) is 4.79 Å². The molecule has 0 bridgehead atoms. The van der Waals surface area contributed by atoms with Gasteiger partial charge in [-0.1, -0.05) is 18.2 Å². The molecule has 0 aliphatic heterocycles. The molecule has 0 spiro atoms. The quantitative estimate of drug-likeness (QED) is 0.740. The summed E-state index contributed by atoms with van der Waals surface area (Å²) in [5, 5.41) is 1.93. The van der Waals surface area contributed by atoms with Gasteiger partial charge in [0.1, 0.15) is 0 Å². The Labute approximate surface area is 128 Å². The van der Waals surface area contributed by atoms with Crippen LogP contribution in [0, 0.1) is 0 Å². The Morgan fingerprint density at radius 1 is 0.955 bits per heavy atom. The van der Waals surface area contributed by atoms with E-state index >= 15 is 0 Å². The molecule has 22 heavy (non-hydrogen) atoms. The number of benzene rings is 1. The summed E-state index contributed by atoms with van der Waals surface area (Å²) < 4.78 is 13.2. The first kappa shape index (κ1) is 14.4. The second-order valence-corrected chi connectivity index (χ2v) is 5.09. The van der Waals surface area contributed by atoms with E-state index in [0.29, 0.717) is 30.2 Å². The number of aromatic nitrogens is 1. The van der Waals surface area contributed by atoms with Gasteiger partial charge in [-0.15, -0.1) is 0 Å². The van der Waals surface area contributed by atoms with Crippen molar-refractivity contribution in [1.82, 2.24) is 4.57 Å². The molecule has 0 unspecified atom stereocenters. The molecule has 3 rings (SSSR count). The summed E-state index contributed by atoms with van der Waals surface area (Å²) in [5.41, 5.74) is 1.62. The fourth-order valence-corrected chi connectivity index (χ4v) is 2.86. The summed E-state index contributed by atoms with van der Waals surface area (Å²) in [6, 6.07) is 11.4. The molecule has 0 aliphatic rings. The third kappa shape index (κ3) is 2.21. The maximum absolute atomic E-state index is 12.7. The molecule has 0 aliphatic carbocycles. The van der Waals surface area contributed by atoms with E-state index < -0.39 is 0 Å². The van der Waals surface area contributed by atoms with Crippen molar-refractivity contribution in [2.45, 2.75) is 13.8 Å². The number of nitrogens with zero attached hydrogens (tertiary/aromatic N) is 1. The molecular formula is C18H19NO3. The molecule has 114 valence electrons. The lowest BCUT2D eigenvalue weighted by atomic mass is 10.2. The molecule has 0 saturated heterocycles. The molecule has 2 aromatic carbocycles. The van der Waals surface area contributed by atoms with Crippen LogP contribution >= 0.6 is 0 Å². The van der Waals surface area contributed by atoms with Gasteiger partial charge < -0.3 is 14.0 Å². The van der Waals surface area contributed by atoms with Gasteiger partial charge in [0.05, 0.1) is 18.7 Å². The second-order valence-electron chi connectivity index (χ2n) is 5.09. The minimum atomic E-state index is -0.0666. The maximum atomic E-state index is 12.7. The number of rotatable bonds is 4. The Bertz CT molecular complexity index is 896. The monoisotopic (exact) mass is 297 g/mol. The van der Waals surface area contributed by atoms with E-state index in [4.69, 9.17) is 9.47 Å². The van der Waals surface area contributed by atoms with E-state index in [1.165, 1.54) is 6.07 Å². The lowest BCUT2D eigenvalue weighted by Crippen LogP contribution is -2.03. The van der Waals surface area contributed by atoms with Crippen LogP contribution in [0.15, 0.2) is 41.2 Å². The highest BCUT2D eigenvalue weighted by Crippen LogP contribution is 2.32. The number of aryl methyl sites for hydroxylation is 1. The van der Waals surface area contributed by atoms with Crippen LogP contribution in [0.25, 0.3) is 21.8 Å². The van der Waals surface area contributed by atoms with Crippen LogP contribution in [0.4, 0.5) is 0 Å². The van der Waals surface area contributed by atoms with E-state index in [1.807, 2.05) is 55.8 Å².